The molecule has 3 rings (SSSR count). The highest BCUT2D eigenvalue weighted by atomic mass is 16.5. The van der Waals surface area contributed by atoms with Crippen LogP contribution in [0.4, 0.5) is 0 Å². The Bertz CT molecular complexity index is 548. The van der Waals surface area contributed by atoms with Crippen molar-refractivity contribution in [3.8, 4) is 0 Å². The Labute approximate surface area is 131 Å². The van der Waals surface area contributed by atoms with Gasteiger partial charge in [0.2, 0.25) is 0 Å². The zero-order valence-electron chi connectivity index (χ0n) is 13.2. The second-order valence-corrected chi connectivity index (χ2v) is 6.13. The van der Waals surface area contributed by atoms with E-state index in [9.17, 15) is 4.79 Å². The van der Waals surface area contributed by atoms with E-state index in [1.807, 2.05) is 30.3 Å². The second kappa shape index (κ2) is 6.58. The van der Waals surface area contributed by atoms with Crippen molar-refractivity contribution in [1.29, 1.82) is 0 Å². The maximum absolute atomic E-state index is 12.4. The van der Waals surface area contributed by atoms with Gasteiger partial charge in [-0.25, -0.2) is 5.01 Å². The summed E-state index contributed by atoms with van der Waals surface area (Å²) in [7, 11) is 0. The van der Waals surface area contributed by atoms with Crippen molar-refractivity contribution in [1.82, 2.24) is 9.91 Å². The van der Waals surface area contributed by atoms with Gasteiger partial charge in [-0.3, -0.25) is 9.69 Å². The van der Waals surface area contributed by atoms with Crippen LogP contribution in [0.5, 0.6) is 0 Å². The Balaban J connectivity index is 1.60. The first-order chi connectivity index (χ1) is 10.6. The number of nitrogens with zero attached hydrogens (tertiary/aromatic N) is 3. The summed E-state index contributed by atoms with van der Waals surface area (Å²) in [5.41, 5.74) is 2.10. The van der Waals surface area contributed by atoms with E-state index < -0.39 is 0 Å². The molecule has 1 aromatic carbocycles. The molecule has 2 heterocycles. The molecule has 1 aromatic rings. The van der Waals surface area contributed by atoms with Gasteiger partial charge in [0, 0.05) is 19.5 Å². The first-order valence-corrected chi connectivity index (χ1v) is 7.93. The van der Waals surface area contributed by atoms with E-state index in [2.05, 4.69) is 23.8 Å². The number of ether oxygens (including phenoxy) is 1. The van der Waals surface area contributed by atoms with Crippen molar-refractivity contribution in [2.24, 2.45) is 5.10 Å². The largest absolute Gasteiger partial charge is 0.373 e. The number of amides is 1. The molecule has 1 saturated heterocycles. The summed E-state index contributed by atoms with van der Waals surface area (Å²) in [6.07, 6.45) is 1.18. The van der Waals surface area contributed by atoms with Gasteiger partial charge >= 0.3 is 0 Å². The molecule has 0 N–H and O–H groups in total. The lowest BCUT2D eigenvalue weighted by atomic mass is 10.1. The molecule has 22 heavy (non-hydrogen) atoms. The fourth-order valence-electron chi connectivity index (χ4n) is 3.16. The molecule has 0 aromatic heterocycles. The maximum atomic E-state index is 12.4. The summed E-state index contributed by atoms with van der Waals surface area (Å²) in [6, 6.07) is 10.1. The molecule has 2 atom stereocenters. The van der Waals surface area contributed by atoms with Gasteiger partial charge in [0.15, 0.2) is 0 Å². The Morgan fingerprint density at radius 1 is 1.23 bits per heavy atom. The van der Waals surface area contributed by atoms with E-state index in [0.29, 0.717) is 13.1 Å². The van der Waals surface area contributed by atoms with Crippen molar-refractivity contribution in [3.05, 3.63) is 35.9 Å². The van der Waals surface area contributed by atoms with Gasteiger partial charge in [0.1, 0.15) is 0 Å². The monoisotopic (exact) mass is 301 g/mol. The van der Waals surface area contributed by atoms with Crippen molar-refractivity contribution in [2.75, 3.05) is 26.2 Å². The number of morpholine rings is 1. The Morgan fingerprint density at radius 3 is 2.59 bits per heavy atom. The number of hydrazone groups is 1. The molecule has 0 saturated carbocycles. The smallest absolute Gasteiger partial charge is 0.256 e. The van der Waals surface area contributed by atoms with E-state index in [-0.39, 0.29) is 18.1 Å². The molecule has 2 aliphatic rings. The van der Waals surface area contributed by atoms with Gasteiger partial charge < -0.3 is 4.74 Å². The number of carbonyl (C=O) groups is 1. The van der Waals surface area contributed by atoms with Crippen LogP contribution in [0.2, 0.25) is 0 Å². The van der Waals surface area contributed by atoms with Crippen LogP contribution in [0.1, 0.15) is 25.8 Å². The van der Waals surface area contributed by atoms with Crippen LogP contribution in [-0.4, -0.2) is 59.9 Å². The highest BCUT2D eigenvalue weighted by Gasteiger charge is 2.27. The van der Waals surface area contributed by atoms with Crippen LogP contribution in [0.3, 0.4) is 0 Å². The summed E-state index contributed by atoms with van der Waals surface area (Å²) in [6.45, 7) is 6.81. The zero-order valence-corrected chi connectivity index (χ0v) is 13.2. The lowest BCUT2D eigenvalue weighted by Gasteiger charge is -2.35. The average Bonchev–Trinajstić information content (AvgIpc) is 2.97. The number of carbonyl (C=O) groups excluding carboxylic acids is 1. The van der Waals surface area contributed by atoms with Crippen LogP contribution in [0.15, 0.2) is 35.4 Å². The highest BCUT2D eigenvalue weighted by molar-refractivity contribution is 6.02. The van der Waals surface area contributed by atoms with Crippen LogP contribution in [0.25, 0.3) is 0 Å². The minimum Gasteiger partial charge on any atom is -0.373 e. The number of hydrogen-bond acceptors (Lipinski definition) is 4. The molecule has 5 heteroatoms. The van der Waals surface area contributed by atoms with Crippen molar-refractivity contribution in [3.63, 3.8) is 0 Å². The Hall–Kier alpha value is -1.72. The summed E-state index contributed by atoms with van der Waals surface area (Å²) < 4.78 is 5.70. The number of hydrogen-bond donors (Lipinski definition) is 0. The summed E-state index contributed by atoms with van der Waals surface area (Å²) in [4.78, 5) is 14.6. The molecule has 0 aliphatic carbocycles. The minimum atomic E-state index is 0.0761. The van der Waals surface area contributed by atoms with Crippen LogP contribution < -0.4 is 0 Å². The molecular formula is C17H23N3O2. The van der Waals surface area contributed by atoms with E-state index in [1.54, 1.807) is 5.01 Å². The number of rotatable bonds is 3. The third-order valence-electron chi connectivity index (χ3n) is 4.05. The van der Waals surface area contributed by atoms with E-state index in [4.69, 9.17) is 4.74 Å². The normalized spacial score (nSPS) is 26.1. The first kappa shape index (κ1) is 15.2. The van der Waals surface area contributed by atoms with Crippen molar-refractivity contribution >= 4 is 11.6 Å². The molecule has 0 unspecified atom stereocenters. The van der Waals surface area contributed by atoms with Crippen molar-refractivity contribution in [2.45, 2.75) is 32.5 Å². The van der Waals surface area contributed by atoms with E-state index >= 15 is 0 Å². The van der Waals surface area contributed by atoms with Gasteiger partial charge in [-0.05, 0) is 19.4 Å². The highest BCUT2D eigenvalue weighted by Crippen LogP contribution is 2.15. The molecule has 0 bridgehead atoms. The quantitative estimate of drug-likeness (QED) is 0.854. The fourth-order valence-corrected chi connectivity index (χ4v) is 3.16. The molecule has 0 spiro atoms. The maximum Gasteiger partial charge on any atom is 0.256 e. The minimum absolute atomic E-state index is 0.0761. The molecular weight excluding hydrogens is 278 g/mol. The summed E-state index contributed by atoms with van der Waals surface area (Å²) >= 11 is 0. The molecule has 118 valence electrons. The third-order valence-corrected chi connectivity index (χ3v) is 4.05. The fraction of sp³-hybridized carbons (Fsp3) is 0.529. The summed E-state index contributed by atoms with van der Waals surface area (Å²) in [5, 5.41) is 6.12. The van der Waals surface area contributed by atoms with Crippen molar-refractivity contribution < 1.29 is 9.53 Å². The van der Waals surface area contributed by atoms with Gasteiger partial charge in [-0.1, -0.05) is 30.3 Å². The van der Waals surface area contributed by atoms with Gasteiger partial charge in [-0.2, -0.15) is 5.10 Å². The second-order valence-electron chi connectivity index (χ2n) is 6.13. The van der Waals surface area contributed by atoms with E-state index in [0.717, 1.165) is 30.8 Å². The molecule has 2 aliphatic heterocycles. The predicted molar refractivity (Wildman–Crippen MR) is 85.8 cm³/mol. The zero-order chi connectivity index (χ0) is 15.5. The van der Waals surface area contributed by atoms with Crippen LogP contribution in [0, 0.1) is 0 Å². The third kappa shape index (κ3) is 3.54. The lowest BCUT2D eigenvalue weighted by Crippen LogP contribution is -2.49. The average molecular weight is 301 g/mol. The standard InChI is InChI=1S/C17H23N3O2/c1-13-10-19(11-14(2)22-13)12-17(21)20-9-8-16(18-20)15-6-4-3-5-7-15/h3-7,13-14H,8-12H2,1-2H3/t13-,14+. The molecule has 0 radical (unpaired) electrons. The summed E-state index contributed by atoms with van der Waals surface area (Å²) in [5.74, 6) is 0.0761. The van der Waals surface area contributed by atoms with E-state index in [1.165, 1.54) is 0 Å². The SMILES string of the molecule is C[C@@H]1CN(CC(=O)N2CCC(c3ccccc3)=N2)C[C@H](C)O1. The lowest BCUT2D eigenvalue weighted by molar-refractivity contribution is -0.135. The molecule has 5 nitrogen and oxygen atoms in total. The van der Waals surface area contributed by atoms with Crippen LogP contribution in [-0.2, 0) is 9.53 Å². The topological polar surface area (TPSA) is 45.1 Å². The molecule has 1 amide bonds. The van der Waals surface area contributed by atoms with Gasteiger partial charge in [0.25, 0.3) is 5.91 Å². The van der Waals surface area contributed by atoms with Crippen LogP contribution >= 0.6 is 0 Å². The predicted octanol–water partition coefficient (Wildman–Crippen LogP) is 1.73. The molecule has 1 fully saturated rings. The van der Waals surface area contributed by atoms with Gasteiger partial charge in [0.05, 0.1) is 31.0 Å². The Morgan fingerprint density at radius 2 is 1.91 bits per heavy atom. The Kier molecular flexibility index (Phi) is 4.55. The first-order valence-electron chi connectivity index (χ1n) is 7.93. The number of benzene rings is 1. The van der Waals surface area contributed by atoms with Gasteiger partial charge in [-0.15, -0.1) is 0 Å².